The van der Waals surface area contributed by atoms with Crippen LogP contribution in [0.3, 0.4) is 0 Å². The first-order chi connectivity index (χ1) is 10.3. The molecule has 3 rings (SSSR count). The number of nitrogens with zero attached hydrogens (tertiary/aromatic N) is 4. The van der Waals surface area contributed by atoms with Gasteiger partial charge in [0.15, 0.2) is 0 Å². The SMILES string of the molecule is Clc1nc(NCCC2CCCO2)nc(N2CCCCC2)n1. The average molecular weight is 312 g/mol. The Bertz CT molecular complexity index is 461. The molecule has 0 amide bonds. The number of halogens is 1. The number of piperidine rings is 1. The molecule has 3 heterocycles. The molecule has 1 atom stereocenters. The summed E-state index contributed by atoms with van der Waals surface area (Å²) in [5, 5.41) is 3.49. The summed E-state index contributed by atoms with van der Waals surface area (Å²) in [5.41, 5.74) is 0. The average Bonchev–Trinajstić information content (AvgIpc) is 3.01. The van der Waals surface area contributed by atoms with Crippen LogP contribution in [0.15, 0.2) is 0 Å². The Morgan fingerprint density at radius 1 is 1.14 bits per heavy atom. The van der Waals surface area contributed by atoms with Gasteiger partial charge in [0, 0.05) is 26.2 Å². The van der Waals surface area contributed by atoms with E-state index in [1.165, 1.54) is 25.7 Å². The molecule has 0 spiro atoms. The van der Waals surface area contributed by atoms with E-state index in [4.69, 9.17) is 16.3 Å². The lowest BCUT2D eigenvalue weighted by molar-refractivity contribution is 0.107. The van der Waals surface area contributed by atoms with Gasteiger partial charge in [0.05, 0.1) is 6.10 Å². The van der Waals surface area contributed by atoms with E-state index < -0.39 is 0 Å². The maximum Gasteiger partial charge on any atom is 0.231 e. The Hall–Kier alpha value is -1.14. The Morgan fingerprint density at radius 2 is 2.00 bits per heavy atom. The largest absolute Gasteiger partial charge is 0.378 e. The molecule has 2 saturated heterocycles. The molecule has 21 heavy (non-hydrogen) atoms. The van der Waals surface area contributed by atoms with Gasteiger partial charge in [-0.2, -0.15) is 15.0 Å². The molecule has 2 fully saturated rings. The quantitative estimate of drug-likeness (QED) is 0.901. The summed E-state index contributed by atoms with van der Waals surface area (Å²) >= 11 is 6.02. The minimum atomic E-state index is 0.255. The van der Waals surface area contributed by atoms with Crippen LogP contribution >= 0.6 is 11.6 Å². The molecule has 1 aromatic heterocycles. The van der Waals surface area contributed by atoms with Gasteiger partial charge in [0.25, 0.3) is 0 Å². The number of hydrogen-bond acceptors (Lipinski definition) is 6. The van der Waals surface area contributed by atoms with Crippen molar-refractivity contribution >= 4 is 23.5 Å². The predicted molar refractivity (Wildman–Crippen MR) is 83.0 cm³/mol. The van der Waals surface area contributed by atoms with E-state index in [-0.39, 0.29) is 5.28 Å². The summed E-state index contributed by atoms with van der Waals surface area (Å²) in [6.45, 7) is 3.68. The maximum absolute atomic E-state index is 6.02. The van der Waals surface area contributed by atoms with Crippen LogP contribution < -0.4 is 10.2 Å². The summed E-state index contributed by atoms with van der Waals surface area (Å²) in [6.07, 6.45) is 7.32. The second-order valence-corrected chi connectivity index (χ2v) is 5.96. The highest BCUT2D eigenvalue weighted by molar-refractivity contribution is 6.28. The van der Waals surface area contributed by atoms with Crippen molar-refractivity contribution in [2.75, 3.05) is 36.5 Å². The van der Waals surface area contributed by atoms with Crippen LogP contribution in [-0.2, 0) is 4.74 Å². The van der Waals surface area contributed by atoms with Crippen LogP contribution in [0.4, 0.5) is 11.9 Å². The van der Waals surface area contributed by atoms with E-state index >= 15 is 0 Å². The number of rotatable bonds is 5. The smallest absolute Gasteiger partial charge is 0.231 e. The second-order valence-electron chi connectivity index (χ2n) is 5.63. The van der Waals surface area contributed by atoms with Gasteiger partial charge in [-0.15, -0.1) is 0 Å². The fourth-order valence-corrected chi connectivity index (χ4v) is 3.03. The zero-order chi connectivity index (χ0) is 14.5. The first-order valence-corrected chi connectivity index (χ1v) is 8.21. The standard InChI is InChI=1S/C14H22ClN5O/c15-12-17-13(16-7-6-11-5-4-10-21-11)19-14(18-12)20-8-2-1-3-9-20/h11H,1-10H2,(H,16,17,18,19). The molecule has 2 aliphatic heterocycles. The molecular formula is C14H22ClN5O. The molecule has 7 heteroatoms. The highest BCUT2D eigenvalue weighted by atomic mass is 35.5. The molecular weight excluding hydrogens is 290 g/mol. The van der Waals surface area contributed by atoms with Gasteiger partial charge in [-0.3, -0.25) is 0 Å². The van der Waals surface area contributed by atoms with E-state index in [2.05, 4.69) is 25.2 Å². The Labute approximate surface area is 130 Å². The summed E-state index contributed by atoms with van der Waals surface area (Å²) < 4.78 is 5.61. The lowest BCUT2D eigenvalue weighted by atomic mass is 10.1. The monoisotopic (exact) mass is 311 g/mol. The molecule has 0 radical (unpaired) electrons. The second kappa shape index (κ2) is 7.22. The van der Waals surface area contributed by atoms with Crippen molar-refractivity contribution in [3.8, 4) is 0 Å². The van der Waals surface area contributed by atoms with Gasteiger partial charge >= 0.3 is 0 Å². The molecule has 1 aromatic rings. The summed E-state index contributed by atoms with van der Waals surface area (Å²) in [5.74, 6) is 1.25. The third-order valence-corrected chi connectivity index (χ3v) is 4.18. The van der Waals surface area contributed by atoms with E-state index in [0.29, 0.717) is 18.0 Å². The van der Waals surface area contributed by atoms with Crippen molar-refractivity contribution in [2.45, 2.75) is 44.6 Å². The van der Waals surface area contributed by atoms with Crippen LogP contribution in [0.2, 0.25) is 5.28 Å². The van der Waals surface area contributed by atoms with E-state index in [1.807, 2.05) is 0 Å². The van der Waals surface area contributed by atoms with E-state index in [1.54, 1.807) is 0 Å². The van der Waals surface area contributed by atoms with Crippen molar-refractivity contribution in [3.63, 3.8) is 0 Å². The molecule has 0 saturated carbocycles. The maximum atomic E-state index is 6.02. The molecule has 1 unspecified atom stereocenters. The number of nitrogens with one attached hydrogen (secondary N) is 1. The van der Waals surface area contributed by atoms with Crippen molar-refractivity contribution in [1.29, 1.82) is 0 Å². The zero-order valence-corrected chi connectivity index (χ0v) is 13.0. The number of ether oxygens (including phenoxy) is 1. The highest BCUT2D eigenvalue weighted by Crippen LogP contribution is 2.19. The van der Waals surface area contributed by atoms with Crippen molar-refractivity contribution < 1.29 is 4.74 Å². The molecule has 6 nitrogen and oxygen atoms in total. The summed E-state index contributed by atoms with van der Waals surface area (Å²) in [4.78, 5) is 15.1. The topological polar surface area (TPSA) is 63.2 Å². The van der Waals surface area contributed by atoms with Crippen molar-refractivity contribution in [1.82, 2.24) is 15.0 Å². The van der Waals surface area contributed by atoms with Crippen LogP contribution in [0.25, 0.3) is 0 Å². The molecule has 0 bridgehead atoms. The fourth-order valence-electron chi connectivity index (χ4n) is 2.87. The lowest BCUT2D eigenvalue weighted by Gasteiger charge is -2.26. The lowest BCUT2D eigenvalue weighted by Crippen LogP contribution is -2.31. The summed E-state index contributed by atoms with van der Waals surface area (Å²) in [6, 6.07) is 0. The number of anilines is 2. The predicted octanol–water partition coefficient (Wildman–Crippen LogP) is 2.50. The van der Waals surface area contributed by atoms with E-state index in [0.717, 1.165) is 39.1 Å². The minimum absolute atomic E-state index is 0.255. The minimum Gasteiger partial charge on any atom is -0.378 e. The third-order valence-electron chi connectivity index (χ3n) is 4.01. The molecule has 1 N–H and O–H groups in total. The van der Waals surface area contributed by atoms with Gasteiger partial charge in [-0.25, -0.2) is 0 Å². The van der Waals surface area contributed by atoms with Gasteiger partial charge in [0.1, 0.15) is 0 Å². The molecule has 116 valence electrons. The van der Waals surface area contributed by atoms with Gasteiger partial charge < -0.3 is 15.0 Å². The van der Waals surface area contributed by atoms with Gasteiger partial charge in [0.2, 0.25) is 17.2 Å². The Morgan fingerprint density at radius 3 is 2.76 bits per heavy atom. The van der Waals surface area contributed by atoms with Crippen molar-refractivity contribution in [3.05, 3.63) is 5.28 Å². The number of aromatic nitrogens is 3. The first-order valence-electron chi connectivity index (χ1n) is 7.83. The van der Waals surface area contributed by atoms with Gasteiger partial charge in [-0.1, -0.05) is 0 Å². The van der Waals surface area contributed by atoms with E-state index in [9.17, 15) is 0 Å². The molecule has 0 aliphatic carbocycles. The van der Waals surface area contributed by atoms with Crippen LogP contribution in [-0.4, -0.2) is 47.3 Å². The Kier molecular flexibility index (Phi) is 5.08. The van der Waals surface area contributed by atoms with Gasteiger partial charge in [-0.05, 0) is 50.1 Å². The van der Waals surface area contributed by atoms with Crippen LogP contribution in [0, 0.1) is 0 Å². The fraction of sp³-hybridized carbons (Fsp3) is 0.786. The first kappa shape index (κ1) is 14.8. The highest BCUT2D eigenvalue weighted by Gasteiger charge is 2.17. The summed E-state index contributed by atoms with van der Waals surface area (Å²) in [7, 11) is 0. The molecule has 0 aromatic carbocycles. The number of hydrogen-bond donors (Lipinski definition) is 1. The van der Waals surface area contributed by atoms with Crippen molar-refractivity contribution in [2.24, 2.45) is 0 Å². The third kappa shape index (κ3) is 4.17. The molecule has 2 aliphatic rings. The zero-order valence-electron chi connectivity index (χ0n) is 12.2. The van der Waals surface area contributed by atoms with Crippen LogP contribution in [0.5, 0.6) is 0 Å². The Balaban J connectivity index is 1.57. The van der Waals surface area contributed by atoms with Crippen LogP contribution in [0.1, 0.15) is 38.5 Å². The normalized spacial score (nSPS) is 22.5.